The average molecular weight is 315 g/mol. The van der Waals surface area contributed by atoms with Crippen LogP contribution in [0.5, 0.6) is 6.01 Å². The highest BCUT2D eigenvalue weighted by Crippen LogP contribution is 2.22. The summed E-state index contributed by atoms with van der Waals surface area (Å²) in [6.45, 7) is 0. The minimum Gasteiger partial charge on any atom is -0.460 e. The van der Waals surface area contributed by atoms with Crippen LogP contribution >= 0.6 is 0 Å². The van der Waals surface area contributed by atoms with Crippen LogP contribution in [0.15, 0.2) is 42.7 Å². The summed E-state index contributed by atoms with van der Waals surface area (Å²) in [5, 5.41) is 2.95. The molecule has 1 fully saturated rings. The largest absolute Gasteiger partial charge is 0.460 e. The number of halogens is 1. The summed E-state index contributed by atoms with van der Waals surface area (Å²) in [6, 6.07) is 7.93. The molecule has 0 bridgehead atoms. The Kier molecular flexibility index (Phi) is 4.80. The van der Waals surface area contributed by atoms with Gasteiger partial charge in [-0.25, -0.2) is 14.4 Å². The number of nitrogens with one attached hydrogen (secondary N) is 1. The number of hydrogen-bond donors (Lipinski definition) is 1. The SMILES string of the molecule is O=C(NC1CCC(Oc2ncccn2)CC1)c1cccc(F)c1. The van der Waals surface area contributed by atoms with Crippen molar-refractivity contribution in [2.24, 2.45) is 0 Å². The monoisotopic (exact) mass is 315 g/mol. The van der Waals surface area contributed by atoms with Gasteiger partial charge in [0.25, 0.3) is 5.91 Å². The molecule has 1 heterocycles. The van der Waals surface area contributed by atoms with Crippen LogP contribution in [0.1, 0.15) is 36.0 Å². The summed E-state index contributed by atoms with van der Waals surface area (Å²) >= 11 is 0. The Labute approximate surface area is 133 Å². The lowest BCUT2D eigenvalue weighted by Crippen LogP contribution is -2.39. The molecule has 1 amide bonds. The van der Waals surface area contributed by atoms with Crippen LogP contribution in [-0.2, 0) is 0 Å². The molecule has 3 rings (SSSR count). The van der Waals surface area contributed by atoms with Gasteiger partial charge in [0, 0.05) is 24.0 Å². The number of rotatable bonds is 4. The third kappa shape index (κ3) is 4.25. The van der Waals surface area contributed by atoms with E-state index in [1.807, 2.05) is 0 Å². The summed E-state index contributed by atoms with van der Waals surface area (Å²) in [5.41, 5.74) is 0.348. The predicted octanol–water partition coefficient (Wildman–Crippen LogP) is 2.74. The number of amides is 1. The number of nitrogens with zero attached hydrogens (tertiary/aromatic N) is 2. The summed E-state index contributed by atoms with van der Waals surface area (Å²) in [7, 11) is 0. The normalized spacial score (nSPS) is 20.7. The van der Waals surface area contributed by atoms with Gasteiger partial charge in [0.15, 0.2) is 0 Å². The Bertz CT molecular complexity index is 658. The number of aromatic nitrogens is 2. The molecular formula is C17H18FN3O2. The zero-order valence-corrected chi connectivity index (χ0v) is 12.6. The first-order valence-corrected chi connectivity index (χ1v) is 7.71. The number of ether oxygens (including phenoxy) is 1. The number of hydrogen-bond acceptors (Lipinski definition) is 4. The first-order chi connectivity index (χ1) is 11.2. The predicted molar refractivity (Wildman–Crippen MR) is 82.6 cm³/mol. The van der Waals surface area contributed by atoms with Crippen LogP contribution < -0.4 is 10.1 Å². The van der Waals surface area contributed by atoms with Gasteiger partial charge in [0.2, 0.25) is 0 Å². The van der Waals surface area contributed by atoms with Crippen molar-refractivity contribution < 1.29 is 13.9 Å². The van der Waals surface area contributed by atoms with Gasteiger partial charge in [0.1, 0.15) is 11.9 Å². The van der Waals surface area contributed by atoms with Gasteiger partial charge in [-0.05, 0) is 49.9 Å². The highest BCUT2D eigenvalue weighted by molar-refractivity contribution is 5.94. The highest BCUT2D eigenvalue weighted by Gasteiger charge is 2.24. The van der Waals surface area contributed by atoms with E-state index in [-0.39, 0.29) is 18.1 Å². The van der Waals surface area contributed by atoms with Crippen LogP contribution in [0.4, 0.5) is 4.39 Å². The number of carbonyl (C=O) groups is 1. The Hall–Kier alpha value is -2.50. The molecule has 0 unspecified atom stereocenters. The smallest absolute Gasteiger partial charge is 0.316 e. The lowest BCUT2D eigenvalue weighted by Gasteiger charge is -2.28. The first-order valence-electron chi connectivity index (χ1n) is 7.71. The lowest BCUT2D eigenvalue weighted by atomic mass is 9.92. The standard InChI is InChI=1S/C17H18FN3O2/c18-13-4-1-3-12(11-13)16(22)21-14-5-7-15(8-6-14)23-17-19-9-2-10-20-17/h1-4,9-11,14-15H,5-8H2,(H,21,22). The van der Waals surface area contributed by atoms with Gasteiger partial charge in [-0.1, -0.05) is 6.07 Å². The molecule has 1 aromatic heterocycles. The van der Waals surface area contributed by atoms with Gasteiger partial charge < -0.3 is 10.1 Å². The molecule has 1 aliphatic rings. The molecule has 1 saturated carbocycles. The van der Waals surface area contributed by atoms with Crippen LogP contribution in [0.2, 0.25) is 0 Å². The van der Waals surface area contributed by atoms with E-state index in [4.69, 9.17) is 4.74 Å². The van der Waals surface area contributed by atoms with Crippen molar-refractivity contribution in [3.8, 4) is 6.01 Å². The fourth-order valence-corrected chi connectivity index (χ4v) is 2.72. The molecule has 0 spiro atoms. The maximum Gasteiger partial charge on any atom is 0.316 e. The van der Waals surface area contributed by atoms with Gasteiger partial charge in [-0.2, -0.15) is 0 Å². The minimum atomic E-state index is -0.405. The van der Waals surface area contributed by atoms with Gasteiger partial charge in [0.05, 0.1) is 0 Å². The fourth-order valence-electron chi connectivity index (χ4n) is 2.72. The zero-order valence-electron chi connectivity index (χ0n) is 12.6. The van der Waals surface area contributed by atoms with E-state index >= 15 is 0 Å². The van der Waals surface area contributed by atoms with E-state index in [0.717, 1.165) is 25.7 Å². The molecular weight excluding hydrogens is 297 g/mol. The molecule has 0 saturated heterocycles. The Morgan fingerprint density at radius 3 is 2.57 bits per heavy atom. The zero-order chi connectivity index (χ0) is 16.1. The molecule has 0 radical (unpaired) electrons. The molecule has 23 heavy (non-hydrogen) atoms. The van der Waals surface area contributed by atoms with E-state index in [0.29, 0.717) is 11.6 Å². The Balaban J connectivity index is 1.48. The molecule has 0 atom stereocenters. The van der Waals surface area contributed by atoms with Crippen LogP contribution in [0, 0.1) is 5.82 Å². The van der Waals surface area contributed by atoms with E-state index < -0.39 is 5.82 Å². The number of benzene rings is 1. The minimum absolute atomic E-state index is 0.0692. The van der Waals surface area contributed by atoms with Crippen molar-refractivity contribution in [2.75, 3.05) is 0 Å². The summed E-state index contributed by atoms with van der Waals surface area (Å²) in [6.07, 6.45) is 6.65. The second-order valence-electron chi connectivity index (χ2n) is 5.61. The van der Waals surface area contributed by atoms with Crippen LogP contribution in [0.25, 0.3) is 0 Å². The van der Waals surface area contributed by atoms with Gasteiger partial charge in [-0.3, -0.25) is 4.79 Å². The van der Waals surface area contributed by atoms with E-state index in [2.05, 4.69) is 15.3 Å². The van der Waals surface area contributed by atoms with Crippen LogP contribution in [0.3, 0.4) is 0 Å². The number of carbonyl (C=O) groups excluding carboxylic acids is 1. The third-order valence-corrected chi connectivity index (χ3v) is 3.91. The molecule has 2 aromatic rings. The van der Waals surface area contributed by atoms with Gasteiger partial charge >= 0.3 is 6.01 Å². The second-order valence-corrected chi connectivity index (χ2v) is 5.61. The molecule has 1 N–H and O–H groups in total. The van der Waals surface area contributed by atoms with E-state index in [1.54, 1.807) is 24.5 Å². The second kappa shape index (κ2) is 7.17. The summed E-state index contributed by atoms with van der Waals surface area (Å²) < 4.78 is 18.9. The molecule has 1 aromatic carbocycles. The van der Waals surface area contributed by atoms with Crippen molar-refractivity contribution >= 4 is 5.91 Å². The third-order valence-electron chi connectivity index (χ3n) is 3.91. The molecule has 5 nitrogen and oxygen atoms in total. The Morgan fingerprint density at radius 2 is 1.87 bits per heavy atom. The average Bonchev–Trinajstić information content (AvgIpc) is 2.57. The topological polar surface area (TPSA) is 64.1 Å². The summed E-state index contributed by atoms with van der Waals surface area (Å²) in [5.74, 6) is -0.641. The lowest BCUT2D eigenvalue weighted by molar-refractivity contribution is 0.0884. The van der Waals surface area contributed by atoms with Gasteiger partial charge in [-0.15, -0.1) is 0 Å². The summed E-state index contributed by atoms with van der Waals surface area (Å²) in [4.78, 5) is 20.2. The highest BCUT2D eigenvalue weighted by atomic mass is 19.1. The van der Waals surface area contributed by atoms with Crippen LogP contribution in [-0.4, -0.2) is 28.0 Å². The first kappa shape index (κ1) is 15.4. The maximum atomic E-state index is 13.2. The van der Waals surface area contributed by atoms with Crippen molar-refractivity contribution in [2.45, 2.75) is 37.8 Å². The van der Waals surface area contributed by atoms with E-state index in [1.165, 1.54) is 18.2 Å². The molecule has 0 aliphatic heterocycles. The fraction of sp³-hybridized carbons (Fsp3) is 0.353. The quantitative estimate of drug-likeness (QED) is 0.942. The van der Waals surface area contributed by atoms with Crippen molar-refractivity contribution in [1.82, 2.24) is 15.3 Å². The van der Waals surface area contributed by atoms with Crippen molar-refractivity contribution in [3.63, 3.8) is 0 Å². The van der Waals surface area contributed by atoms with E-state index in [9.17, 15) is 9.18 Å². The molecule has 6 heteroatoms. The molecule has 1 aliphatic carbocycles. The maximum absolute atomic E-state index is 13.2. The van der Waals surface area contributed by atoms with Crippen molar-refractivity contribution in [1.29, 1.82) is 0 Å². The molecule has 120 valence electrons. The Morgan fingerprint density at radius 1 is 1.13 bits per heavy atom. The van der Waals surface area contributed by atoms with Crippen molar-refractivity contribution in [3.05, 3.63) is 54.1 Å².